The molecule has 0 bridgehead atoms. The Morgan fingerprint density at radius 3 is 2.64 bits per heavy atom. The molecule has 0 saturated carbocycles. The summed E-state index contributed by atoms with van der Waals surface area (Å²) in [5.74, 6) is 1.48. The Balaban J connectivity index is 2.49. The third-order valence-electron chi connectivity index (χ3n) is 2.89. The number of rotatable bonds is 2. The summed E-state index contributed by atoms with van der Waals surface area (Å²) >= 11 is 0. The molecule has 2 heteroatoms. The molecule has 0 radical (unpaired) electrons. The molecule has 14 heavy (non-hydrogen) atoms. The Morgan fingerprint density at radius 2 is 2.00 bits per heavy atom. The first-order valence-corrected chi connectivity index (χ1v) is 5.61. The van der Waals surface area contributed by atoms with Crippen molar-refractivity contribution in [1.82, 2.24) is 9.97 Å². The maximum atomic E-state index is 4.65. The molecule has 1 aromatic heterocycles. The van der Waals surface area contributed by atoms with Gasteiger partial charge < -0.3 is 0 Å². The van der Waals surface area contributed by atoms with Gasteiger partial charge >= 0.3 is 0 Å². The van der Waals surface area contributed by atoms with E-state index >= 15 is 0 Å². The summed E-state index contributed by atoms with van der Waals surface area (Å²) in [4.78, 5) is 9.30. The van der Waals surface area contributed by atoms with Crippen LogP contribution in [0.5, 0.6) is 0 Å². The third kappa shape index (κ3) is 1.54. The van der Waals surface area contributed by atoms with Gasteiger partial charge in [-0.05, 0) is 31.2 Å². The summed E-state index contributed by atoms with van der Waals surface area (Å²) in [6.45, 7) is 6.51. The zero-order valence-corrected chi connectivity index (χ0v) is 9.30. The summed E-state index contributed by atoms with van der Waals surface area (Å²) in [6.07, 6.45) is 4.66. The van der Waals surface area contributed by atoms with Crippen molar-refractivity contribution in [1.29, 1.82) is 0 Å². The molecule has 2 nitrogen and oxygen atoms in total. The molecule has 0 aromatic carbocycles. The van der Waals surface area contributed by atoms with Crippen LogP contribution in [0.25, 0.3) is 0 Å². The second kappa shape index (κ2) is 3.68. The number of aromatic nitrogens is 2. The molecular formula is C12H18N2. The standard InChI is InChI=1S/C12H18N2/c1-4-10-9-6-5-7-11(9)14-12(13-10)8(2)3/h8H,4-7H2,1-3H3. The minimum absolute atomic E-state index is 0.450. The Morgan fingerprint density at radius 1 is 1.21 bits per heavy atom. The van der Waals surface area contributed by atoms with E-state index in [0.717, 1.165) is 18.7 Å². The first-order valence-electron chi connectivity index (χ1n) is 5.61. The Kier molecular flexibility index (Phi) is 2.53. The molecule has 0 fully saturated rings. The SMILES string of the molecule is CCc1nc(C(C)C)nc2c1CCC2. The van der Waals surface area contributed by atoms with E-state index in [4.69, 9.17) is 0 Å². The van der Waals surface area contributed by atoms with Crippen molar-refractivity contribution in [2.75, 3.05) is 0 Å². The fraction of sp³-hybridized carbons (Fsp3) is 0.667. The monoisotopic (exact) mass is 190 g/mol. The summed E-state index contributed by atoms with van der Waals surface area (Å²) < 4.78 is 0. The second-order valence-electron chi connectivity index (χ2n) is 4.32. The number of hydrogen-bond acceptors (Lipinski definition) is 2. The van der Waals surface area contributed by atoms with Crippen molar-refractivity contribution < 1.29 is 0 Å². The predicted octanol–water partition coefficient (Wildman–Crippen LogP) is 2.65. The molecule has 1 aliphatic rings. The average molecular weight is 190 g/mol. The molecule has 0 saturated heterocycles. The van der Waals surface area contributed by atoms with Gasteiger partial charge in [0.15, 0.2) is 0 Å². The van der Waals surface area contributed by atoms with Gasteiger partial charge in [0.1, 0.15) is 5.82 Å². The van der Waals surface area contributed by atoms with Crippen LogP contribution in [-0.4, -0.2) is 9.97 Å². The van der Waals surface area contributed by atoms with E-state index < -0.39 is 0 Å². The molecular weight excluding hydrogens is 172 g/mol. The van der Waals surface area contributed by atoms with Gasteiger partial charge in [-0.15, -0.1) is 0 Å². The number of hydrogen-bond donors (Lipinski definition) is 0. The van der Waals surface area contributed by atoms with E-state index in [-0.39, 0.29) is 0 Å². The minimum Gasteiger partial charge on any atom is -0.237 e. The highest BCUT2D eigenvalue weighted by Crippen LogP contribution is 2.24. The number of aryl methyl sites for hydroxylation is 2. The van der Waals surface area contributed by atoms with Gasteiger partial charge in [0, 0.05) is 17.3 Å². The largest absolute Gasteiger partial charge is 0.237 e. The van der Waals surface area contributed by atoms with Crippen LogP contribution in [-0.2, 0) is 19.3 Å². The van der Waals surface area contributed by atoms with Crippen LogP contribution in [0, 0.1) is 0 Å². The van der Waals surface area contributed by atoms with Crippen LogP contribution in [0.4, 0.5) is 0 Å². The molecule has 1 heterocycles. The zero-order valence-electron chi connectivity index (χ0n) is 9.30. The van der Waals surface area contributed by atoms with Gasteiger partial charge in [0.2, 0.25) is 0 Å². The Hall–Kier alpha value is -0.920. The zero-order chi connectivity index (χ0) is 10.1. The van der Waals surface area contributed by atoms with Gasteiger partial charge in [-0.2, -0.15) is 0 Å². The molecule has 0 N–H and O–H groups in total. The lowest BCUT2D eigenvalue weighted by molar-refractivity contribution is 0.744. The lowest BCUT2D eigenvalue weighted by atomic mass is 10.1. The fourth-order valence-corrected chi connectivity index (χ4v) is 2.08. The highest BCUT2D eigenvalue weighted by Gasteiger charge is 2.18. The normalized spacial score (nSPS) is 14.9. The predicted molar refractivity (Wildman–Crippen MR) is 57.5 cm³/mol. The van der Waals surface area contributed by atoms with Crippen molar-refractivity contribution >= 4 is 0 Å². The molecule has 0 atom stereocenters. The van der Waals surface area contributed by atoms with Gasteiger partial charge in [0.25, 0.3) is 0 Å². The van der Waals surface area contributed by atoms with E-state index in [1.807, 2.05) is 0 Å². The molecule has 0 aliphatic heterocycles. The van der Waals surface area contributed by atoms with Crippen LogP contribution in [0.15, 0.2) is 0 Å². The summed E-state index contributed by atoms with van der Waals surface area (Å²) in [5, 5.41) is 0. The van der Waals surface area contributed by atoms with E-state index in [9.17, 15) is 0 Å². The smallest absolute Gasteiger partial charge is 0.131 e. The van der Waals surface area contributed by atoms with Gasteiger partial charge in [-0.1, -0.05) is 20.8 Å². The maximum absolute atomic E-state index is 4.65. The topological polar surface area (TPSA) is 25.8 Å². The van der Waals surface area contributed by atoms with Crippen molar-refractivity contribution in [2.45, 2.75) is 52.4 Å². The minimum atomic E-state index is 0.450. The second-order valence-corrected chi connectivity index (χ2v) is 4.32. The van der Waals surface area contributed by atoms with Gasteiger partial charge in [-0.25, -0.2) is 9.97 Å². The lowest BCUT2D eigenvalue weighted by Gasteiger charge is -2.10. The number of nitrogens with zero attached hydrogens (tertiary/aromatic N) is 2. The van der Waals surface area contributed by atoms with Crippen LogP contribution in [0.1, 0.15) is 55.9 Å². The molecule has 1 aromatic rings. The van der Waals surface area contributed by atoms with E-state index in [0.29, 0.717) is 5.92 Å². The third-order valence-corrected chi connectivity index (χ3v) is 2.89. The summed E-state index contributed by atoms with van der Waals surface area (Å²) in [5.41, 5.74) is 4.05. The lowest BCUT2D eigenvalue weighted by Crippen LogP contribution is -2.06. The van der Waals surface area contributed by atoms with Crippen molar-refractivity contribution in [2.24, 2.45) is 0 Å². The quantitative estimate of drug-likeness (QED) is 0.716. The molecule has 0 unspecified atom stereocenters. The van der Waals surface area contributed by atoms with Crippen LogP contribution >= 0.6 is 0 Å². The summed E-state index contributed by atoms with van der Waals surface area (Å²) in [7, 11) is 0. The average Bonchev–Trinajstić information content (AvgIpc) is 2.63. The highest BCUT2D eigenvalue weighted by atomic mass is 14.9. The van der Waals surface area contributed by atoms with Crippen LogP contribution in [0.3, 0.4) is 0 Å². The maximum Gasteiger partial charge on any atom is 0.131 e. The molecule has 0 spiro atoms. The first kappa shape index (κ1) is 9.63. The molecule has 76 valence electrons. The van der Waals surface area contributed by atoms with E-state index in [2.05, 4.69) is 30.7 Å². The number of fused-ring (bicyclic) bond motifs is 1. The Bertz CT molecular complexity index is 342. The van der Waals surface area contributed by atoms with Gasteiger partial charge in [-0.3, -0.25) is 0 Å². The van der Waals surface area contributed by atoms with Crippen molar-refractivity contribution in [3.8, 4) is 0 Å². The van der Waals surface area contributed by atoms with Crippen LogP contribution in [0.2, 0.25) is 0 Å². The first-order chi connectivity index (χ1) is 6.72. The van der Waals surface area contributed by atoms with E-state index in [1.165, 1.54) is 29.8 Å². The molecule has 1 aliphatic carbocycles. The highest BCUT2D eigenvalue weighted by molar-refractivity contribution is 5.30. The van der Waals surface area contributed by atoms with Crippen LogP contribution < -0.4 is 0 Å². The Labute approximate surface area is 85.8 Å². The molecule has 2 rings (SSSR count). The van der Waals surface area contributed by atoms with Crippen molar-refractivity contribution in [3.05, 3.63) is 22.8 Å². The van der Waals surface area contributed by atoms with Gasteiger partial charge in [0.05, 0.1) is 0 Å². The molecule has 0 amide bonds. The fourth-order valence-electron chi connectivity index (χ4n) is 2.08. The van der Waals surface area contributed by atoms with Crippen molar-refractivity contribution in [3.63, 3.8) is 0 Å². The summed E-state index contributed by atoms with van der Waals surface area (Å²) in [6, 6.07) is 0. The van der Waals surface area contributed by atoms with E-state index in [1.54, 1.807) is 0 Å².